The minimum atomic E-state index is -3.75. The lowest BCUT2D eigenvalue weighted by atomic mass is 10.0. The minimum absolute atomic E-state index is 0.0552. The van der Waals surface area contributed by atoms with Crippen molar-refractivity contribution in [3.63, 3.8) is 0 Å². The fourth-order valence-electron chi connectivity index (χ4n) is 5.40. The normalized spacial score (nSPS) is 18.8. The molecule has 2 heterocycles. The van der Waals surface area contributed by atoms with Crippen molar-refractivity contribution in [1.82, 2.24) is 20.1 Å². The molecule has 3 amide bonds. The van der Waals surface area contributed by atoms with Crippen LogP contribution >= 0.6 is 7.60 Å². The van der Waals surface area contributed by atoms with Gasteiger partial charge in [-0.3, -0.25) is 14.2 Å². The van der Waals surface area contributed by atoms with Crippen LogP contribution in [0.5, 0.6) is 0 Å². The van der Waals surface area contributed by atoms with Gasteiger partial charge in [0.1, 0.15) is 11.7 Å². The number of aromatic nitrogens is 1. The molecule has 0 bridgehead atoms. The van der Waals surface area contributed by atoms with Gasteiger partial charge in [0, 0.05) is 38.3 Å². The van der Waals surface area contributed by atoms with Gasteiger partial charge in [-0.1, -0.05) is 43.7 Å². The van der Waals surface area contributed by atoms with Crippen molar-refractivity contribution in [3.05, 3.63) is 53.7 Å². The summed E-state index contributed by atoms with van der Waals surface area (Å²) in [7, 11) is -3.75. The van der Waals surface area contributed by atoms with E-state index in [0.29, 0.717) is 12.3 Å². The summed E-state index contributed by atoms with van der Waals surface area (Å²) in [5.41, 5.74) is 2.41. The lowest BCUT2D eigenvalue weighted by molar-refractivity contribution is -0.134. The molecule has 1 saturated carbocycles. The highest BCUT2D eigenvalue weighted by Gasteiger charge is 2.40. The van der Waals surface area contributed by atoms with Crippen molar-refractivity contribution in [2.75, 3.05) is 58.8 Å². The van der Waals surface area contributed by atoms with Gasteiger partial charge in [0.05, 0.1) is 31.7 Å². The molecule has 0 spiro atoms. The number of nitrogens with one attached hydrogen (secondary N) is 1. The fraction of sp³-hybridized carbons (Fsp3) is 0.562. The van der Waals surface area contributed by atoms with Crippen molar-refractivity contribution in [2.45, 2.75) is 52.0 Å². The third kappa shape index (κ3) is 9.36. The van der Waals surface area contributed by atoms with E-state index in [4.69, 9.17) is 13.8 Å². The van der Waals surface area contributed by atoms with E-state index in [9.17, 15) is 24.1 Å². The standard InChI is InChI=1S/C32H45N4O8P/c1-4-7-17-42-32(40)36-15-13-35(14-16-36)31(39)29(22-45(41,43-5-2)44-6-3)34-30(38)28-20-24(26-18-25(26)21-37)19-27(33-28)23-11-9-8-10-12-23/h8-12,19-20,25-26,29,37H,4-7,13-18,21-22H2,1-3H3,(H,34,38)/t25-,26-,29?/m1/s1. The third-order valence-electron chi connectivity index (χ3n) is 7.97. The Labute approximate surface area is 265 Å². The zero-order valence-corrected chi connectivity index (χ0v) is 27.2. The van der Waals surface area contributed by atoms with Crippen LogP contribution in [0.2, 0.25) is 0 Å². The number of hydrogen-bond donors (Lipinski definition) is 2. The summed E-state index contributed by atoms with van der Waals surface area (Å²) in [6.07, 6.45) is 1.71. The summed E-state index contributed by atoms with van der Waals surface area (Å²) in [5, 5.41) is 12.5. The van der Waals surface area contributed by atoms with E-state index in [0.717, 1.165) is 30.4 Å². The Morgan fingerprint density at radius 2 is 1.69 bits per heavy atom. The van der Waals surface area contributed by atoms with E-state index in [2.05, 4.69) is 10.3 Å². The molecular formula is C32H45N4O8P. The number of hydrogen-bond acceptors (Lipinski definition) is 9. The fourth-order valence-corrected chi connectivity index (χ4v) is 7.17. The van der Waals surface area contributed by atoms with E-state index < -0.39 is 31.5 Å². The van der Waals surface area contributed by atoms with Crippen LogP contribution in [0, 0.1) is 5.92 Å². The molecule has 1 unspecified atom stereocenters. The molecule has 13 heteroatoms. The number of ether oxygens (including phenoxy) is 1. The number of piperazine rings is 1. The number of unbranched alkanes of at least 4 members (excludes halogenated alkanes) is 1. The molecule has 2 N–H and O–H groups in total. The minimum Gasteiger partial charge on any atom is -0.449 e. The Balaban J connectivity index is 1.56. The second-order valence-electron chi connectivity index (χ2n) is 11.3. The van der Waals surface area contributed by atoms with Crippen LogP contribution in [0.4, 0.5) is 4.79 Å². The first kappa shape index (κ1) is 34.6. The highest BCUT2D eigenvalue weighted by atomic mass is 31.2. The second-order valence-corrected chi connectivity index (χ2v) is 13.4. The summed E-state index contributed by atoms with van der Waals surface area (Å²) in [6.45, 7) is 6.94. The molecule has 2 aromatic rings. The lowest BCUT2D eigenvalue weighted by Crippen LogP contribution is -2.57. The number of pyridine rings is 1. The molecular weight excluding hydrogens is 599 g/mol. The number of amides is 3. The van der Waals surface area contributed by atoms with Gasteiger partial charge >= 0.3 is 13.7 Å². The molecule has 1 aromatic carbocycles. The van der Waals surface area contributed by atoms with Gasteiger partial charge in [-0.05, 0) is 56.2 Å². The van der Waals surface area contributed by atoms with E-state index in [1.165, 1.54) is 4.90 Å². The highest BCUT2D eigenvalue weighted by molar-refractivity contribution is 7.54. The van der Waals surface area contributed by atoms with Crippen LogP contribution in [-0.2, 0) is 23.1 Å². The first-order valence-electron chi connectivity index (χ1n) is 15.8. The molecule has 45 heavy (non-hydrogen) atoms. The van der Waals surface area contributed by atoms with Gasteiger partial charge in [-0.2, -0.15) is 0 Å². The molecule has 3 atom stereocenters. The number of carbonyl (C=O) groups is 3. The summed E-state index contributed by atoms with van der Waals surface area (Å²) >= 11 is 0. The molecule has 1 aromatic heterocycles. The Hall–Kier alpha value is -3.31. The predicted octanol–water partition coefficient (Wildman–Crippen LogP) is 4.29. The summed E-state index contributed by atoms with van der Waals surface area (Å²) in [4.78, 5) is 47.8. The summed E-state index contributed by atoms with van der Waals surface area (Å²) < 4.78 is 29.9. The molecule has 2 aliphatic rings. The topological polar surface area (TPSA) is 148 Å². The van der Waals surface area contributed by atoms with Gasteiger partial charge in [0.2, 0.25) is 5.91 Å². The van der Waals surface area contributed by atoms with Gasteiger partial charge in [0.15, 0.2) is 0 Å². The number of nitrogens with zero attached hydrogens (tertiary/aromatic N) is 3. The van der Waals surface area contributed by atoms with Crippen LogP contribution in [0.15, 0.2) is 42.5 Å². The first-order valence-corrected chi connectivity index (χ1v) is 17.5. The van der Waals surface area contributed by atoms with Gasteiger partial charge in [-0.25, -0.2) is 9.78 Å². The molecule has 1 aliphatic carbocycles. The molecule has 2 fully saturated rings. The smallest absolute Gasteiger partial charge is 0.409 e. The van der Waals surface area contributed by atoms with E-state index in [-0.39, 0.29) is 69.7 Å². The monoisotopic (exact) mass is 644 g/mol. The lowest BCUT2D eigenvalue weighted by Gasteiger charge is -2.36. The van der Waals surface area contributed by atoms with Crippen molar-refractivity contribution in [1.29, 1.82) is 0 Å². The summed E-state index contributed by atoms with van der Waals surface area (Å²) in [5.74, 6) is -0.840. The molecule has 12 nitrogen and oxygen atoms in total. The number of rotatable bonds is 15. The predicted molar refractivity (Wildman–Crippen MR) is 169 cm³/mol. The zero-order valence-electron chi connectivity index (χ0n) is 26.4. The summed E-state index contributed by atoms with van der Waals surface area (Å²) in [6, 6.07) is 11.8. The van der Waals surface area contributed by atoms with Crippen molar-refractivity contribution in [3.8, 4) is 11.3 Å². The van der Waals surface area contributed by atoms with E-state index in [1.54, 1.807) is 24.8 Å². The first-order chi connectivity index (χ1) is 21.7. The third-order valence-corrected chi connectivity index (χ3v) is 10.1. The van der Waals surface area contributed by atoms with Crippen molar-refractivity contribution >= 4 is 25.5 Å². The van der Waals surface area contributed by atoms with Gasteiger partial charge in [0.25, 0.3) is 5.91 Å². The number of aliphatic hydroxyl groups excluding tert-OH is 1. The second kappa shape index (κ2) is 16.3. The van der Waals surface area contributed by atoms with E-state index in [1.807, 2.05) is 43.3 Å². The van der Waals surface area contributed by atoms with Crippen LogP contribution in [0.25, 0.3) is 11.3 Å². The van der Waals surface area contributed by atoms with Crippen LogP contribution in [0.1, 0.15) is 62.0 Å². The molecule has 4 rings (SSSR count). The molecule has 246 valence electrons. The number of carbonyl (C=O) groups excluding carboxylic acids is 3. The Bertz CT molecular complexity index is 1340. The highest BCUT2D eigenvalue weighted by Crippen LogP contribution is 2.49. The Kier molecular flexibility index (Phi) is 12.5. The molecule has 0 radical (unpaired) electrons. The Morgan fingerprint density at radius 3 is 2.29 bits per heavy atom. The van der Waals surface area contributed by atoms with Gasteiger partial charge in [-0.15, -0.1) is 0 Å². The molecule has 1 aliphatic heterocycles. The number of aliphatic hydroxyl groups is 1. The maximum atomic E-state index is 13.9. The van der Waals surface area contributed by atoms with Crippen LogP contribution in [0.3, 0.4) is 0 Å². The average molecular weight is 645 g/mol. The maximum Gasteiger partial charge on any atom is 0.409 e. The quantitative estimate of drug-likeness (QED) is 0.214. The average Bonchev–Trinajstić information content (AvgIpc) is 3.85. The number of benzene rings is 1. The van der Waals surface area contributed by atoms with Crippen LogP contribution < -0.4 is 5.32 Å². The van der Waals surface area contributed by atoms with Gasteiger partial charge < -0.3 is 34.0 Å². The van der Waals surface area contributed by atoms with Crippen molar-refractivity contribution in [2.24, 2.45) is 5.92 Å². The zero-order chi connectivity index (χ0) is 32.4. The largest absolute Gasteiger partial charge is 0.449 e. The maximum absolute atomic E-state index is 13.9. The SMILES string of the molecule is CCCCOC(=O)N1CCN(C(=O)C(CP(=O)(OCC)OCC)NC(=O)c2cc([C@H]3C[C@@H]3CO)cc(-c3ccccc3)n2)CC1. The van der Waals surface area contributed by atoms with Crippen LogP contribution in [-0.4, -0.2) is 103 Å². The van der Waals surface area contributed by atoms with Crippen molar-refractivity contribution < 1.29 is 37.8 Å². The Morgan fingerprint density at radius 1 is 1.02 bits per heavy atom. The molecule has 1 saturated heterocycles. The van der Waals surface area contributed by atoms with E-state index >= 15 is 0 Å².